The van der Waals surface area contributed by atoms with E-state index in [0.29, 0.717) is 6.61 Å². The van der Waals surface area contributed by atoms with Crippen molar-refractivity contribution in [3.05, 3.63) is 19.2 Å². The molecule has 1 saturated heterocycles. The standard InChI is InChI=1S/C9H8Br2O2S/c10-5-4-14-9(7(5)11)8(12)6-2-1-3-13-6/h4,6H,1-3H2. The normalized spacial score (nSPS) is 21.4. The molecule has 0 spiro atoms. The van der Waals surface area contributed by atoms with Crippen molar-refractivity contribution >= 4 is 49.0 Å². The molecule has 0 radical (unpaired) electrons. The SMILES string of the molecule is O=C(c1scc(Br)c1Br)C1CCCO1. The van der Waals surface area contributed by atoms with Gasteiger partial charge in [0.15, 0.2) is 0 Å². The van der Waals surface area contributed by atoms with Gasteiger partial charge in [-0.3, -0.25) is 4.79 Å². The smallest absolute Gasteiger partial charge is 0.202 e. The van der Waals surface area contributed by atoms with E-state index in [2.05, 4.69) is 31.9 Å². The molecule has 1 fully saturated rings. The molecule has 0 aromatic carbocycles. The highest BCUT2D eigenvalue weighted by atomic mass is 79.9. The van der Waals surface area contributed by atoms with Gasteiger partial charge in [-0.25, -0.2) is 0 Å². The highest BCUT2D eigenvalue weighted by Gasteiger charge is 2.27. The number of ether oxygens (including phenoxy) is 1. The minimum absolute atomic E-state index is 0.102. The van der Waals surface area contributed by atoms with Gasteiger partial charge in [0.05, 0.1) is 9.35 Å². The van der Waals surface area contributed by atoms with Crippen molar-refractivity contribution < 1.29 is 9.53 Å². The number of thiophene rings is 1. The van der Waals surface area contributed by atoms with Gasteiger partial charge >= 0.3 is 0 Å². The van der Waals surface area contributed by atoms with Crippen LogP contribution < -0.4 is 0 Å². The summed E-state index contributed by atoms with van der Waals surface area (Å²) in [6.45, 7) is 0.709. The fraction of sp³-hybridized carbons (Fsp3) is 0.444. The van der Waals surface area contributed by atoms with Crippen LogP contribution in [-0.2, 0) is 4.74 Å². The Kier molecular flexibility index (Phi) is 3.42. The molecule has 1 aliphatic heterocycles. The van der Waals surface area contributed by atoms with Crippen molar-refractivity contribution in [2.45, 2.75) is 18.9 Å². The van der Waals surface area contributed by atoms with Crippen LogP contribution >= 0.6 is 43.2 Å². The molecule has 1 aliphatic rings. The first-order valence-corrected chi connectivity index (χ1v) is 6.75. The summed E-state index contributed by atoms with van der Waals surface area (Å²) in [6, 6.07) is 0. The molecule has 0 N–H and O–H groups in total. The quantitative estimate of drug-likeness (QED) is 0.769. The van der Waals surface area contributed by atoms with Crippen LogP contribution in [0, 0.1) is 0 Å². The van der Waals surface area contributed by atoms with E-state index in [4.69, 9.17) is 4.74 Å². The van der Waals surface area contributed by atoms with Gasteiger partial charge in [0.2, 0.25) is 5.78 Å². The van der Waals surface area contributed by atoms with Gasteiger partial charge in [0.25, 0.3) is 0 Å². The van der Waals surface area contributed by atoms with Crippen molar-refractivity contribution in [3.8, 4) is 0 Å². The molecule has 0 bridgehead atoms. The van der Waals surface area contributed by atoms with Crippen LogP contribution in [0.3, 0.4) is 0 Å². The second-order valence-corrected chi connectivity index (χ2v) is 5.62. The summed E-state index contributed by atoms with van der Waals surface area (Å²) < 4.78 is 7.14. The summed E-state index contributed by atoms with van der Waals surface area (Å²) in [7, 11) is 0. The summed E-state index contributed by atoms with van der Waals surface area (Å²) in [5.74, 6) is 0.102. The lowest BCUT2D eigenvalue weighted by Crippen LogP contribution is -2.18. The number of carbonyl (C=O) groups is 1. The van der Waals surface area contributed by atoms with Gasteiger partial charge in [0.1, 0.15) is 6.10 Å². The highest BCUT2D eigenvalue weighted by molar-refractivity contribution is 9.13. The summed E-state index contributed by atoms with van der Waals surface area (Å²) in [5.41, 5.74) is 0. The van der Waals surface area contributed by atoms with Crippen LogP contribution in [0.25, 0.3) is 0 Å². The first kappa shape index (κ1) is 10.8. The number of hydrogen-bond acceptors (Lipinski definition) is 3. The molecule has 0 amide bonds. The Morgan fingerprint density at radius 2 is 2.36 bits per heavy atom. The Hall–Kier alpha value is 0.290. The van der Waals surface area contributed by atoms with E-state index in [-0.39, 0.29) is 11.9 Å². The van der Waals surface area contributed by atoms with Crippen molar-refractivity contribution in [1.29, 1.82) is 0 Å². The van der Waals surface area contributed by atoms with Crippen LogP contribution in [0.5, 0.6) is 0 Å². The first-order valence-electron chi connectivity index (χ1n) is 4.28. The maximum Gasteiger partial charge on any atom is 0.202 e. The molecular formula is C9H8Br2O2S. The van der Waals surface area contributed by atoms with E-state index in [1.807, 2.05) is 5.38 Å². The maximum atomic E-state index is 11.9. The van der Waals surface area contributed by atoms with Crippen molar-refractivity contribution in [3.63, 3.8) is 0 Å². The highest BCUT2D eigenvalue weighted by Crippen LogP contribution is 2.34. The fourth-order valence-electron chi connectivity index (χ4n) is 1.42. The molecule has 2 rings (SSSR count). The first-order chi connectivity index (χ1) is 6.70. The van der Waals surface area contributed by atoms with Crippen molar-refractivity contribution in [2.24, 2.45) is 0 Å². The van der Waals surface area contributed by atoms with Gasteiger partial charge in [-0.15, -0.1) is 11.3 Å². The zero-order chi connectivity index (χ0) is 10.1. The van der Waals surface area contributed by atoms with Crippen LogP contribution in [0.4, 0.5) is 0 Å². The molecule has 5 heteroatoms. The molecule has 1 aromatic rings. The molecule has 14 heavy (non-hydrogen) atoms. The molecule has 76 valence electrons. The topological polar surface area (TPSA) is 26.3 Å². The second kappa shape index (κ2) is 4.43. The van der Waals surface area contributed by atoms with Crippen LogP contribution in [-0.4, -0.2) is 18.5 Å². The van der Waals surface area contributed by atoms with Crippen molar-refractivity contribution in [2.75, 3.05) is 6.61 Å². The Labute approximate surface area is 103 Å². The number of hydrogen-bond donors (Lipinski definition) is 0. The van der Waals surface area contributed by atoms with Gasteiger partial charge in [-0.2, -0.15) is 0 Å². The third-order valence-electron chi connectivity index (χ3n) is 2.14. The molecule has 2 heterocycles. The van der Waals surface area contributed by atoms with E-state index < -0.39 is 0 Å². The van der Waals surface area contributed by atoms with Gasteiger partial charge in [0, 0.05) is 16.5 Å². The Morgan fingerprint density at radius 1 is 1.57 bits per heavy atom. The lowest BCUT2D eigenvalue weighted by molar-refractivity contribution is 0.0646. The van der Waals surface area contributed by atoms with E-state index in [1.54, 1.807) is 0 Å². The van der Waals surface area contributed by atoms with Crippen LogP contribution in [0.15, 0.2) is 14.3 Å². The van der Waals surface area contributed by atoms with Gasteiger partial charge < -0.3 is 4.74 Å². The third-order valence-corrected chi connectivity index (χ3v) is 5.68. The minimum atomic E-state index is -0.225. The number of rotatable bonds is 2. The van der Waals surface area contributed by atoms with Gasteiger partial charge in [-0.1, -0.05) is 0 Å². The zero-order valence-corrected chi connectivity index (χ0v) is 11.2. The molecule has 0 saturated carbocycles. The summed E-state index contributed by atoms with van der Waals surface area (Å²) in [4.78, 5) is 12.7. The predicted octanol–water partition coefficient (Wildman–Crippen LogP) is 3.63. The van der Waals surface area contributed by atoms with E-state index in [9.17, 15) is 4.79 Å². The second-order valence-electron chi connectivity index (χ2n) is 3.09. The summed E-state index contributed by atoms with van der Waals surface area (Å²) in [5, 5.41) is 1.91. The molecule has 1 unspecified atom stereocenters. The lowest BCUT2D eigenvalue weighted by atomic mass is 10.1. The van der Waals surface area contributed by atoms with Crippen LogP contribution in [0.2, 0.25) is 0 Å². The number of carbonyl (C=O) groups excluding carboxylic acids is 1. The fourth-order valence-corrected chi connectivity index (χ4v) is 3.57. The number of ketones is 1. The Morgan fingerprint density at radius 3 is 2.86 bits per heavy atom. The third kappa shape index (κ3) is 1.96. The lowest BCUT2D eigenvalue weighted by Gasteiger charge is -2.06. The molecule has 1 aromatic heterocycles. The zero-order valence-electron chi connectivity index (χ0n) is 7.26. The number of Topliss-reactive ketones (excluding diaryl/α,β-unsaturated/α-hetero) is 1. The average molecular weight is 340 g/mol. The van der Waals surface area contributed by atoms with E-state index in [1.165, 1.54) is 11.3 Å². The van der Waals surface area contributed by atoms with E-state index in [0.717, 1.165) is 26.7 Å². The molecule has 1 atom stereocenters. The Bertz CT molecular complexity index is 356. The number of halogens is 2. The van der Waals surface area contributed by atoms with Crippen molar-refractivity contribution in [1.82, 2.24) is 0 Å². The summed E-state index contributed by atoms with van der Waals surface area (Å²) in [6.07, 6.45) is 1.61. The monoisotopic (exact) mass is 338 g/mol. The van der Waals surface area contributed by atoms with Crippen LogP contribution in [0.1, 0.15) is 22.5 Å². The van der Waals surface area contributed by atoms with Gasteiger partial charge in [-0.05, 0) is 44.7 Å². The molecule has 0 aliphatic carbocycles. The Balaban J connectivity index is 2.22. The van der Waals surface area contributed by atoms with E-state index >= 15 is 0 Å². The molecule has 2 nitrogen and oxygen atoms in total. The summed E-state index contributed by atoms with van der Waals surface area (Å²) >= 11 is 8.20. The maximum absolute atomic E-state index is 11.9. The molecular weight excluding hydrogens is 332 g/mol. The average Bonchev–Trinajstić information content (AvgIpc) is 2.77. The largest absolute Gasteiger partial charge is 0.370 e. The predicted molar refractivity (Wildman–Crippen MR) is 63.0 cm³/mol. The minimum Gasteiger partial charge on any atom is -0.370 e.